The molecule has 4 rings (SSSR count). The molecule has 3 amide bonds. The van der Waals surface area contributed by atoms with Crippen molar-refractivity contribution in [3.05, 3.63) is 34.6 Å². The summed E-state index contributed by atoms with van der Waals surface area (Å²) >= 11 is 12.6. The third kappa shape index (κ3) is 6.46. The fourth-order valence-corrected chi connectivity index (χ4v) is 4.74. The van der Waals surface area contributed by atoms with Gasteiger partial charge in [-0.1, -0.05) is 23.2 Å². The molecule has 1 fully saturated rings. The third-order valence-corrected chi connectivity index (χ3v) is 7.02. The summed E-state index contributed by atoms with van der Waals surface area (Å²) in [5.41, 5.74) is 5.79. The number of rotatable bonds is 8. The zero-order valence-electron chi connectivity index (χ0n) is 23.0. The van der Waals surface area contributed by atoms with E-state index in [4.69, 9.17) is 38.4 Å². The SMILES string of the molecule is CCNC(=O)Oc1nc(N(C(=O)OCCl)c2cc(C#N)cc(N3CCN(C(C)C(N)=O)CC3)c2Cl)nn2c(C#N)cnc12. The Labute approximate surface area is 255 Å². The van der Waals surface area contributed by atoms with Crippen LogP contribution < -0.4 is 25.6 Å². The van der Waals surface area contributed by atoms with Crippen LogP contribution in [-0.2, 0) is 9.53 Å². The minimum Gasteiger partial charge on any atom is -0.432 e. The number of aromatic nitrogens is 4. The van der Waals surface area contributed by atoms with Crippen molar-refractivity contribution in [2.75, 3.05) is 48.6 Å². The summed E-state index contributed by atoms with van der Waals surface area (Å²) in [4.78, 5) is 50.2. The lowest BCUT2D eigenvalue weighted by molar-refractivity contribution is -0.122. The van der Waals surface area contributed by atoms with Gasteiger partial charge in [0, 0.05) is 32.7 Å². The number of benzene rings is 1. The van der Waals surface area contributed by atoms with E-state index in [1.165, 1.54) is 12.3 Å². The molecule has 0 spiro atoms. The fraction of sp³-hybridized carbons (Fsp3) is 0.360. The highest BCUT2D eigenvalue weighted by Gasteiger charge is 2.32. The summed E-state index contributed by atoms with van der Waals surface area (Å²) in [6.07, 6.45) is -0.776. The number of anilines is 3. The first-order valence-corrected chi connectivity index (χ1v) is 13.7. The van der Waals surface area contributed by atoms with Gasteiger partial charge in [0.15, 0.2) is 11.8 Å². The summed E-state index contributed by atoms with van der Waals surface area (Å²) in [5, 5.41) is 26.2. The monoisotopic (exact) mass is 629 g/mol. The van der Waals surface area contributed by atoms with Gasteiger partial charge in [-0.25, -0.2) is 19.5 Å². The number of amides is 3. The molecule has 1 saturated heterocycles. The number of nitrogens with one attached hydrogen (secondary N) is 1. The van der Waals surface area contributed by atoms with Gasteiger partial charge >= 0.3 is 12.2 Å². The molecule has 0 bridgehead atoms. The first kappa shape index (κ1) is 31.0. The van der Waals surface area contributed by atoms with Gasteiger partial charge in [0.05, 0.1) is 40.3 Å². The highest BCUT2D eigenvalue weighted by molar-refractivity contribution is 6.36. The molecule has 16 nitrogen and oxygen atoms in total. The molecule has 43 heavy (non-hydrogen) atoms. The van der Waals surface area contributed by atoms with Crippen LogP contribution in [0.5, 0.6) is 5.88 Å². The number of carbonyl (C=O) groups excluding carboxylic acids is 3. The molecule has 3 aromatic rings. The summed E-state index contributed by atoms with van der Waals surface area (Å²) in [6.45, 7) is 5.43. The fourth-order valence-electron chi connectivity index (χ4n) is 4.33. The van der Waals surface area contributed by atoms with Gasteiger partial charge in [-0.15, -0.1) is 5.10 Å². The second-order valence-electron chi connectivity index (χ2n) is 9.02. The van der Waals surface area contributed by atoms with Gasteiger partial charge in [0.25, 0.3) is 11.8 Å². The van der Waals surface area contributed by atoms with Crippen LogP contribution in [0.1, 0.15) is 25.1 Å². The molecule has 18 heteroatoms. The predicted molar refractivity (Wildman–Crippen MR) is 153 cm³/mol. The largest absolute Gasteiger partial charge is 0.432 e. The third-order valence-electron chi connectivity index (χ3n) is 6.52. The van der Waals surface area contributed by atoms with E-state index in [1.54, 1.807) is 19.9 Å². The average Bonchev–Trinajstić information content (AvgIpc) is 3.41. The first-order chi connectivity index (χ1) is 20.6. The van der Waals surface area contributed by atoms with Crippen LogP contribution >= 0.6 is 23.2 Å². The minimum atomic E-state index is -1.08. The summed E-state index contributed by atoms with van der Waals surface area (Å²) in [7, 11) is 0. The number of carbonyl (C=O) groups is 3. The van der Waals surface area contributed by atoms with Crippen molar-refractivity contribution in [2.24, 2.45) is 5.73 Å². The maximum Gasteiger partial charge on any atom is 0.422 e. The number of primary amides is 1. The molecule has 0 aliphatic carbocycles. The van der Waals surface area contributed by atoms with Crippen LogP contribution in [0.25, 0.3) is 5.65 Å². The average molecular weight is 630 g/mol. The minimum absolute atomic E-state index is 0.0305. The van der Waals surface area contributed by atoms with E-state index in [1.807, 2.05) is 15.9 Å². The van der Waals surface area contributed by atoms with Crippen molar-refractivity contribution < 1.29 is 23.9 Å². The lowest BCUT2D eigenvalue weighted by Gasteiger charge is -2.38. The number of alkyl halides is 1. The number of nitrogens with zero attached hydrogens (tertiary/aromatic N) is 9. The van der Waals surface area contributed by atoms with Crippen LogP contribution in [0, 0.1) is 22.7 Å². The van der Waals surface area contributed by atoms with Crippen molar-refractivity contribution in [3.63, 3.8) is 0 Å². The zero-order valence-corrected chi connectivity index (χ0v) is 24.5. The van der Waals surface area contributed by atoms with Crippen LogP contribution in [0.15, 0.2) is 18.3 Å². The molecule has 1 unspecified atom stereocenters. The highest BCUT2D eigenvalue weighted by atomic mass is 35.5. The normalized spacial score (nSPS) is 14.0. The standard InChI is InChI=1S/C25H25Cl2N11O5/c1-3-31-24(40)43-22-21-32-12-16(11-29)38(21)34-23(33-22)37(25(41)42-13-26)18-9-15(10-28)8-17(19(18)27)36-6-4-35(5-7-36)14(2)20(30)39/h8-9,12,14H,3-7,13H2,1-2H3,(H2,30,39)(H,31,40). The molecule has 1 atom stereocenters. The van der Waals surface area contributed by atoms with Crippen molar-refractivity contribution in [1.82, 2.24) is 29.8 Å². The Kier molecular flexibility index (Phi) is 9.66. The number of piperazine rings is 1. The molecule has 1 aliphatic rings. The van der Waals surface area contributed by atoms with E-state index >= 15 is 0 Å². The van der Waals surface area contributed by atoms with E-state index in [2.05, 4.69) is 26.5 Å². The van der Waals surface area contributed by atoms with Gasteiger partial charge in [-0.05, 0) is 26.0 Å². The van der Waals surface area contributed by atoms with Gasteiger partial charge < -0.3 is 25.4 Å². The number of imidazole rings is 1. The van der Waals surface area contributed by atoms with E-state index in [0.29, 0.717) is 31.9 Å². The Bertz CT molecular complexity index is 1640. The number of hydrogen-bond acceptors (Lipinski definition) is 12. The summed E-state index contributed by atoms with van der Waals surface area (Å²) in [6, 6.07) is 5.81. The smallest absolute Gasteiger partial charge is 0.422 e. The van der Waals surface area contributed by atoms with E-state index in [-0.39, 0.29) is 40.0 Å². The van der Waals surface area contributed by atoms with E-state index < -0.39 is 36.1 Å². The lowest BCUT2D eigenvalue weighted by atomic mass is 10.1. The Morgan fingerprint density at radius 1 is 1.21 bits per heavy atom. The van der Waals surface area contributed by atoms with E-state index in [0.717, 1.165) is 9.42 Å². The molecule has 224 valence electrons. The second kappa shape index (κ2) is 13.4. The Hall–Kier alpha value is -4.90. The molecule has 1 aliphatic heterocycles. The molecule has 3 heterocycles. The number of nitrogens with two attached hydrogens (primary N) is 1. The summed E-state index contributed by atoms with van der Waals surface area (Å²) in [5.74, 6) is -1.26. The number of ether oxygens (including phenoxy) is 2. The predicted octanol–water partition coefficient (Wildman–Crippen LogP) is 2.10. The molecular weight excluding hydrogens is 605 g/mol. The molecule has 3 N–H and O–H groups in total. The lowest BCUT2D eigenvalue weighted by Crippen LogP contribution is -2.53. The van der Waals surface area contributed by atoms with Crippen molar-refractivity contribution in [3.8, 4) is 18.0 Å². The van der Waals surface area contributed by atoms with Crippen molar-refractivity contribution in [1.29, 1.82) is 10.5 Å². The highest BCUT2D eigenvalue weighted by Crippen LogP contribution is 2.40. The Balaban J connectivity index is 1.85. The number of hydrogen-bond donors (Lipinski definition) is 2. The zero-order chi connectivity index (χ0) is 31.3. The quantitative estimate of drug-likeness (QED) is 0.343. The van der Waals surface area contributed by atoms with Gasteiger partial charge in [0.2, 0.25) is 11.6 Å². The topological polar surface area (TPSA) is 208 Å². The maximum atomic E-state index is 13.4. The van der Waals surface area contributed by atoms with Crippen molar-refractivity contribution >= 4 is 64.3 Å². The second-order valence-corrected chi connectivity index (χ2v) is 9.62. The number of fused-ring (bicyclic) bond motifs is 1. The molecule has 0 radical (unpaired) electrons. The first-order valence-electron chi connectivity index (χ1n) is 12.8. The number of nitriles is 2. The molecule has 0 saturated carbocycles. The number of halogens is 2. The Morgan fingerprint density at radius 3 is 2.53 bits per heavy atom. The van der Waals surface area contributed by atoms with Crippen LogP contribution in [0.4, 0.5) is 26.9 Å². The van der Waals surface area contributed by atoms with Gasteiger partial charge in [0.1, 0.15) is 6.07 Å². The van der Waals surface area contributed by atoms with Gasteiger partial charge in [-0.3, -0.25) is 9.69 Å². The van der Waals surface area contributed by atoms with Crippen molar-refractivity contribution in [2.45, 2.75) is 19.9 Å². The molecular formula is C25H25Cl2N11O5. The van der Waals surface area contributed by atoms with Crippen LogP contribution in [0.3, 0.4) is 0 Å². The van der Waals surface area contributed by atoms with Crippen LogP contribution in [0.2, 0.25) is 5.02 Å². The Morgan fingerprint density at radius 2 is 1.93 bits per heavy atom. The van der Waals surface area contributed by atoms with Crippen LogP contribution in [-0.4, -0.2) is 87.4 Å². The maximum absolute atomic E-state index is 13.4. The summed E-state index contributed by atoms with van der Waals surface area (Å²) < 4.78 is 11.4. The molecule has 1 aromatic carbocycles. The molecule has 2 aromatic heterocycles. The van der Waals surface area contributed by atoms with E-state index in [9.17, 15) is 24.9 Å². The van der Waals surface area contributed by atoms with Gasteiger partial charge in [-0.2, -0.15) is 20.0 Å².